The number of fused-ring (bicyclic) bond motifs is 5. The molecule has 242 valence electrons. The molecule has 2 nitrogen and oxygen atoms in total. The number of allylic oxidation sites excluding steroid dienone is 1. The maximum atomic E-state index is 13.0. The van der Waals surface area contributed by atoms with Gasteiger partial charge in [0.25, 0.3) is 0 Å². The van der Waals surface area contributed by atoms with Crippen LogP contribution in [0.5, 0.6) is 5.75 Å². The van der Waals surface area contributed by atoms with E-state index in [2.05, 4.69) is 25.6 Å². The summed E-state index contributed by atoms with van der Waals surface area (Å²) in [6.07, 6.45) is 8.41. The van der Waals surface area contributed by atoms with E-state index in [1.807, 2.05) is 6.07 Å². The Kier molecular flexibility index (Phi) is 11.7. The molecule has 2 fully saturated rings. The Morgan fingerprint density at radius 2 is 1.67 bits per heavy atom. The van der Waals surface area contributed by atoms with E-state index in [9.17, 15) is 26.7 Å². The number of thioether (sulfide) groups is 1. The summed E-state index contributed by atoms with van der Waals surface area (Å²) in [7, 11) is 0. The predicted molar refractivity (Wildman–Crippen MR) is 165 cm³/mol. The zero-order valence-electron chi connectivity index (χ0n) is 25.9. The van der Waals surface area contributed by atoms with Gasteiger partial charge in [0.2, 0.25) is 0 Å². The third kappa shape index (κ3) is 8.38. The maximum absolute atomic E-state index is 13.0. The van der Waals surface area contributed by atoms with Gasteiger partial charge in [-0.25, -0.2) is 0 Å². The van der Waals surface area contributed by atoms with E-state index in [0.29, 0.717) is 35.2 Å². The average molecular weight is 629 g/mol. The summed E-state index contributed by atoms with van der Waals surface area (Å²) in [6.45, 7) is 8.41. The molecule has 0 bridgehead atoms. The highest BCUT2D eigenvalue weighted by Crippen LogP contribution is 2.64. The highest BCUT2D eigenvalue weighted by atomic mass is 32.2. The number of carbonyl (C=O) groups is 1. The molecule has 0 spiro atoms. The fraction of sp³-hybridized carbons (Fsp3) is 0.743. The molecule has 0 N–H and O–H groups in total. The molecule has 0 amide bonds. The number of ether oxygens (including phenoxy) is 1. The van der Waals surface area contributed by atoms with Crippen LogP contribution >= 0.6 is 11.8 Å². The molecule has 5 atom stereocenters. The zero-order chi connectivity index (χ0) is 31.3. The van der Waals surface area contributed by atoms with Crippen molar-refractivity contribution in [1.29, 1.82) is 0 Å². The second-order valence-electron chi connectivity index (χ2n) is 13.5. The monoisotopic (exact) mass is 628 g/mol. The Morgan fingerprint density at radius 1 is 1.00 bits per heavy atom. The molecule has 0 saturated heterocycles. The maximum Gasteiger partial charge on any atom is 0.453 e. The number of esters is 1. The van der Waals surface area contributed by atoms with Crippen LogP contribution in [0.2, 0.25) is 0 Å². The van der Waals surface area contributed by atoms with E-state index in [-0.39, 0.29) is 17.8 Å². The number of unbranched alkanes of at least 4 members (excludes halogenated alkanes) is 6. The van der Waals surface area contributed by atoms with Crippen molar-refractivity contribution in [2.45, 2.75) is 128 Å². The van der Waals surface area contributed by atoms with Crippen LogP contribution in [0, 0.1) is 23.2 Å². The molecule has 3 aliphatic rings. The number of benzene rings is 1. The van der Waals surface area contributed by atoms with Crippen molar-refractivity contribution in [2.75, 3.05) is 11.5 Å². The highest BCUT2D eigenvalue weighted by Gasteiger charge is 2.56. The van der Waals surface area contributed by atoms with E-state index in [4.69, 9.17) is 4.74 Å². The Hall–Kier alpha value is -1.57. The first kappa shape index (κ1) is 34.3. The molecule has 0 heterocycles. The summed E-state index contributed by atoms with van der Waals surface area (Å²) < 4.78 is 68.0. The molecule has 8 heteroatoms. The molecule has 0 radical (unpaired) electrons. The van der Waals surface area contributed by atoms with Gasteiger partial charge < -0.3 is 4.74 Å². The van der Waals surface area contributed by atoms with E-state index in [1.165, 1.54) is 86.8 Å². The van der Waals surface area contributed by atoms with Crippen LogP contribution in [0.15, 0.2) is 30.4 Å². The second kappa shape index (κ2) is 14.7. The number of hydrogen-bond acceptors (Lipinski definition) is 3. The van der Waals surface area contributed by atoms with Crippen LogP contribution in [0.1, 0.15) is 121 Å². The van der Waals surface area contributed by atoms with Gasteiger partial charge in [-0.1, -0.05) is 63.7 Å². The van der Waals surface area contributed by atoms with Crippen molar-refractivity contribution in [1.82, 2.24) is 0 Å². The number of hydrogen-bond donors (Lipinski definition) is 0. The lowest BCUT2D eigenvalue weighted by Gasteiger charge is -2.53. The van der Waals surface area contributed by atoms with E-state index in [0.717, 1.165) is 37.9 Å². The van der Waals surface area contributed by atoms with Gasteiger partial charge >= 0.3 is 18.1 Å². The van der Waals surface area contributed by atoms with Crippen molar-refractivity contribution in [3.63, 3.8) is 0 Å². The summed E-state index contributed by atoms with van der Waals surface area (Å²) in [5.74, 6) is -0.460. The SMILES string of the molecule is C=C1CCC2C3C(CCC12C)c1ccc(OC(C)=O)cc1C[C@H]3CCCCCCCCCSCCCC(F)(F)C(F)(F)F. The Labute approximate surface area is 259 Å². The van der Waals surface area contributed by atoms with Gasteiger partial charge in [-0.15, -0.1) is 0 Å². The minimum Gasteiger partial charge on any atom is -0.427 e. The topological polar surface area (TPSA) is 26.3 Å². The highest BCUT2D eigenvalue weighted by molar-refractivity contribution is 7.99. The molecule has 1 aromatic rings. The quantitative estimate of drug-likeness (QED) is 0.0636. The first-order valence-electron chi connectivity index (χ1n) is 16.4. The number of rotatable bonds is 15. The molecule has 2 saturated carbocycles. The third-order valence-electron chi connectivity index (χ3n) is 10.6. The normalized spacial score (nSPS) is 27.0. The van der Waals surface area contributed by atoms with Gasteiger partial charge in [0.15, 0.2) is 0 Å². The summed E-state index contributed by atoms with van der Waals surface area (Å²) in [4.78, 5) is 11.6. The van der Waals surface area contributed by atoms with Crippen molar-refractivity contribution in [3.05, 3.63) is 41.5 Å². The van der Waals surface area contributed by atoms with Crippen LogP contribution in [-0.2, 0) is 11.2 Å². The lowest BCUT2D eigenvalue weighted by molar-refractivity contribution is -0.284. The van der Waals surface area contributed by atoms with Crippen molar-refractivity contribution < 1.29 is 31.5 Å². The van der Waals surface area contributed by atoms with Gasteiger partial charge in [0, 0.05) is 13.3 Å². The molecule has 0 aliphatic heterocycles. The molecular formula is C35H49F5O2S. The molecule has 3 aliphatic carbocycles. The molecule has 1 aromatic carbocycles. The Bertz CT molecular complexity index is 1100. The molecule has 0 aromatic heterocycles. The average Bonchev–Trinajstić information content (AvgIpc) is 3.23. The fourth-order valence-electron chi connectivity index (χ4n) is 8.32. The number of alkyl halides is 5. The first-order chi connectivity index (χ1) is 20.3. The lowest BCUT2D eigenvalue weighted by atomic mass is 9.52. The van der Waals surface area contributed by atoms with E-state index < -0.39 is 18.5 Å². The minimum atomic E-state index is -5.44. The molecule has 4 unspecified atom stereocenters. The van der Waals surface area contributed by atoms with Gasteiger partial charge in [-0.2, -0.15) is 33.7 Å². The van der Waals surface area contributed by atoms with Crippen LogP contribution in [0.25, 0.3) is 0 Å². The van der Waals surface area contributed by atoms with Crippen molar-refractivity contribution >= 4 is 17.7 Å². The smallest absolute Gasteiger partial charge is 0.427 e. The fourth-order valence-corrected chi connectivity index (χ4v) is 9.28. The van der Waals surface area contributed by atoms with E-state index in [1.54, 1.807) is 0 Å². The van der Waals surface area contributed by atoms with Gasteiger partial charge in [0.05, 0.1) is 0 Å². The van der Waals surface area contributed by atoms with Crippen LogP contribution in [0.3, 0.4) is 0 Å². The van der Waals surface area contributed by atoms with Gasteiger partial charge in [-0.05, 0) is 115 Å². The summed E-state index contributed by atoms with van der Waals surface area (Å²) in [6, 6.07) is 6.30. The van der Waals surface area contributed by atoms with Crippen LogP contribution < -0.4 is 4.74 Å². The largest absolute Gasteiger partial charge is 0.453 e. The first-order valence-corrected chi connectivity index (χ1v) is 17.5. The van der Waals surface area contributed by atoms with Crippen molar-refractivity contribution in [3.8, 4) is 5.75 Å². The van der Waals surface area contributed by atoms with Crippen LogP contribution in [-0.4, -0.2) is 29.6 Å². The second-order valence-corrected chi connectivity index (χ2v) is 14.7. The number of halogens is 5. The Balaban J connectivity index is 1.19. The summed E-state index contributed by atoms with van der Waals surface area (Å²) in [5, 5.41) is 0. The molecular weight excluding hydrogens is 579 g/mol. The standard InChI is InChI=1S/C35H49F5O2S/c1-24-13-16-31-32-26(12-9-7-5-4-6-8-10-20-43-21-11-18-34(36,37)35(38,39)40)22-27-23-28(42-25(2)41)14-15-29(27)30(32)17-19-33(24,31)3/h14-15,23,26,30-32H,1,4-13,16-22H2,2-3H3/t26-,30?,31?,32?,33?/m1/s1. The van der Waals surface area contributed by atoms with E-state index >= 15 is 0 Å². The lowest BCUT2D eigenvalue weighted by Crippen LogP contribution is -2.44. The third-order valence-corrected chi connectivity index (χ3v) is 11.8. The van der Waals surface area contributed by atoms with Gasteiger partial charge in [-0.3, -0.25) is 4.79 Å². The summed E-state index contributed by atoms with van der Waals surface area (Å²) >= 11 is 1.48. The van der Waals surface area contributed by atoms with Crippen molar-refractivity contribution in [2.24, 2.45) is 23.2 Å². The zero-order valence-corrected chi connectivity index (χ0v) is 26.7. The van der Waals surface area contributed by atoms with Crippen LogP contribution in [0.4, 0.5) is 22.0 Å². The molecule has 43 heavy (non-hydrogen) atoms. The Morgan fingerprint density at radius 3 is 2.37 bits per heavy atom. The van der Waals surface area contributed by atoms with Gasteiger partial charge in [0.1, 0.15) is 5.75 Å². The molecule has 4 rings (SSSR count). The predicted octanol–water partition coefficient (Wildman–Crippen LogP) is 11.1. The minimum absolute atomic E-state index is 0.118. The summed E-state index contributed by atoms with van der Waals surface area (Å²) in [5.41, 5.74) is 4.54. The number of carbonyl (C=O) groups excluding carboxylic acids is 1.